The molecule has 3 rings (SSSR count). The van der Waals surface area contributed by atoms with Crippen LogP contribution in [0.25, 0.3) is 10.2 Å². The fourth-order valence-corrected chi connectivity index (χ4v) is 4.20. The third-order valence-electron chi connectivity index (χ3n) is 3.35. The molecule has 21 heavy (non-hydrogen) atoms. The Morgan fingerprint density at radius 2 is 1.86 bits per heavy atom. The summed E-state index contributed by atoms with van der Waals surface area (Å²) in [5, 5.41) is 1.76. The van der Waals surface area contributed by atoms with Crippen LogP contribution in [0.2, 0.25) is 0 Å². The first-order valence-corrected chi connectivity index (χ1v) is 8.14. The number of fused-ring (bicyclic) bond motifs is 1. The largest absolute Gasteiger partial charge is 0.229 e. The van der Waals surface area contributed by atoms with Crippen LogP contribution < -0.4 is 0 Å². The van der Waals surface area contributed by atoms with Gasteiger partial charge in [-0.05, 0) is 31.5 Å². The fourth-order valence-electron chi connectivity index (χ4n) is 2.07. The van der Waals surface area contributed by atoms with Crippen LogP contribution >= 0.6 is 23.1 Å². The van der Waals surface area contributed by atoms with Crippen molar-refractivity contribution in [1.29, 1.82) is 0 Å². The summed E-state index contributed by atoms with van der Waals surface area (Å²) in [5.74, 6) is -0.837. The quantitative estimate of drug-likeness (QED) is 0.508. The van der Waals surface area contributed by atoms with Crippen molar-refractivity contribution >= 4 is 33.3 Å². The molecule has 0 aliphatic rings. The molecule has 0 spiro atoms. The number of benzene rings is 1. The normalized spacial score (nSPS) is 11.2. The Bertz CT molecular complexity index is 795. The number of thioether (sulfide) groups is 1. The second kappa shape index (κ2) is 5.69. The summed E-state index contributed by atoms with van der Waals surface area (Å²) in [6.45, 7) is 4.05. The molecule has 0 aliphatic carbocycles. The number of hydrogen-bond donors (Lipinski definition) is 0. The van der Waals surface area contributed by atoms with E-state index in [1.165, 1.54) is 41.2 Å². The van der Waals surface area contributed by atoms with Gasteiger partial charge in [0.2, 0.25) is 0 Å². The molecule has 0 amide bonds. The van der Waals surface area contributed by atoms with Crippen LogP contribution in [0, 0.1) is 25.5 Å². The second-order valence-corrected chi connectivity index (χ2v) is 6.80. The topological polar surface area (TPSA) is 25.8 Å². The Kier molecular flexibility index (Phi) is 3.91. The van der Waals surface area contributed by atoms with E-state index in [1.54, 1.807) is 11.3 Å². The molecule has 2 heterocycles. The molecule has 108 valence electrons. The van der Waals surface area contributed by atoms with Crippen molar-refractivity contribution in [2.75, 3.05) is 0 Å². The van der Waals surface area contributed by atoms with Crippen LogP contribution in [0.4, 0.5) is 8.78 Å². The van der Waals surface area contributed by atoms with Crippen molar-refractivity contribution in [3.63, 3.8) is 0 Å². The van der Waals surface area contributed by atoms with Crippen molar-refractivity contribution in [3.05, 3.63) is 52.2 Å². The third-order valence-corrected chi connectivity index (χ3v) is 5.48. The highest BCUT2D eigenvalue weighted by Crippen LogP contribution is 2.35. The van der Waals surface area contributed by atoms with Crippen molar-refractivity contribution in [1.82, 2.24) is 9.97 Å². The van der Waals surface area contributed by atoms with Crippen LogP contribution in [0.3, 0.4) is 0 Å². The third kappa shape index (κ3) is 2.65. The van der Waals surface area contributed by atoms with E-state index in [0.717, 1.165) is 20.8 Å². The maximum Gasteiger partial charge on any atom is 0.130 e. The summed E-state index contributed by atoms with van der Waals surface area (Å²) in [6, 6.07) is 3.91. The Hall–Kier alpha value is -1.53. The molecule has 2 aromatic heterocycles. The monoisotopic (exact) mass is 322 g/mol. The molecule has 0 atom stereocenters. The van der Waals surface area contributed by atoms with Crippen LogP contribution in [0.5, 0.6) is 0 Å². The first kappa shape index (κ1) is 14.4. The maximum absolute atomic E-state index is 13.7. The fraction of sp³-hybridized carbons (Fsp3) is 0.200. The van der Waals surface area contributed by atoms with Gasteiger partial charge in [0.15, 0.2) is 0 Å². The van der Waals surface area contributed by atoms with Gasteiger partial charge in [-0.2, -0.15) is 0 Å². The van der Waals surface area contributed by atoms with E-state index < -0.39 is 11.6 Å². The number of nitrogens with zero attached hydrogens (tertiary/aromatic N) is 2. The first-order chi connectivity index (χ1) is 10.1. The number of rotatable bonds is 3. The summed E-state index contributed by atoms with van der Waals surface area (Å²) < 4.78 is 27.3. The number of aryl methyl sites for hydroxylation is 2. The van der Waals surface area contributed by atoms with Gasteiger partial charge in [-0.25, -0.2) is 18.7 Å². The summed E-state index contributed by atoms with van der Waals surface area (Å²) in [6.07, 6.45) is 1.50. The average Bonchev–Trinajstić information content (AvgIpc) is 2.74. The summed E-state index contributed by atoms with van der Waals surface area (Å²) in [7, 11) is 0. The summed E-state index contributed by atoms with van der Waals surface area (Å²) >= 11 is 2.94. The smallest absolute Gasteiger partial charge is 0.130 e. The minimum atomic E-state index is -0.522. The zero-order valence-electron chi connectivity index (χ0n) is 11.5. The van der Waals surface area contributed by atoms with Gasteiger partial charge in [0.25, 0.3) is 0 Å². The van der Waals surface area contributed by atoms with Gasteiger partial charge in [-0.1, -0.05) is 6.07 Å². The second-order valence-electron chi connectivity index (χ2n) is 4.63. The highest BCUT2D eigenvalue weighted by Gasteiger charge is 2.14. The molecule has 2 nitrogen and oxygen atoms in total. The van der Waals surface area contributed by atoms with Crippen molar-refractivity contribution in [2.24, 2.45) is 0 Å². The van der Waals surface area contributed by atoms with E-state index >= 15 is 0 Å². The van der Waals surface area contributed by atoms with E-state index in [2.05, 4.69) is 9.97 Å². The van der Waals surface area contributed by atoms with Crippen LogP contribution in [-0.4, -0.2) is 9.97 Å². The lowest BCUT2D eigenvalue weighted by Crippen LogP contribution is -1.94. The summed E-state index contributed by atoms with van der Waals surface area (Å²) in [4.78, 5) is 10.6. The SMILES string of the molecule is Cc1sc2ncnc(SCc3c(F)cccc3F)c2c1C. The van der Waals surface area contributed by atoms with Gasteiger partial charge in [-0.3, -0.25) is 0 Å². The van der Waals surface area contributed by atoms with E-state index in [9.17, 15) is 8.78 Å². The predicted octanol–water partition coefficient (Wildman–Crippen LogP) is 4.88. The predicted molar refractivity (Wildman–Crippen MR) is 82.8 cm³/mol. The number of thiophene rings is 1. The van der Waals surface area contributed by atoms with E-state index in [4.69, 9.17) is 0 Å². The van der Waals surface area contributed by atoms with Crippen LogP contribution in [-0.2, 0) is 5.75 Å². The van der Waals surface area contributed by atoms with Gasteiger partial charge < -0.3 is 0 Å². The molecule has 1 aromatic carbocycles. The van der Waals surface area contributed by atoms with Crippen molar-refractivity contribution < 1.29 is 8.78 Å². The molecule has 0 fully saturated rings. The molecule has 0 saturated heterocycles. The molecule has 0 aliphatic heterocycles. The van der Waals surface area contributed by atoms with Crippen molar-refractivity contribution in [2.45, 2.75) is 24.6 Å². The minimum Gasteiger partial charge on any atom is -0.229 e. The van der Waals surface area contributed by atoms with Gasteiger partial charge in [0.1, 0.15) is 27.8 Å². The van der Waals surface area contributed by atoms with Crippen molar-refractivity contribution in [3.8, 4) is 0 Å². The lowest BCUT2D eigenvalue weighted by Gasteiger charge is -2.05. The van der Waals surface area contributed by atoms with Gasteiger partial charge >= 0.3 is 0 Å². The van der Waals surface area contributed by atoms with Gasteiger partial charge in [0.05, 0.1) is 0 Å². The Balaban J connectivity index is 1.96. The molecule has 0 N–H and O–H groups in total. The number of hydrogen-bond acceptors (Lipinski definition) is 4. The van der Waals surface area contributed by atoms with Crippen LogP contribution in [0.1, 0.15) is 16.0 Å². The average molecular weight is 322 g/mol. The molecule has 0 saturated carbocycles. The van der Waals surface area contributed by atoms with Gasteiger partial charge in [0, 0.05) is 21.6 Å². The lowest BCUT2D eigenvalue weighted by atomic mass is 10.2. The number of aromatic nitrogens is 2. The molecule has 0 unspecified atom stereocenters. The molecule has 3 aromatic rings. The Labute approximate surface area is 129 Å². The lowest BCUT2D eigenvalue weighted by molar-refractivity contribution is 0.566. The molecular weight excluding hydrogens is 310 g/mol. The Morgan fingerprint density at radius 3 is 2.57 bits per heavy atom. The molecule has 0 radical (unpaired) electrons. The minimum absolute atomic E-state index is 0.0823. The Morgan fingerprint density at radius 1 is 1.14 bits per heavy atom. The van der Waals surface area contributed by atoms with Crippen LogP contribution in [0.15, 0.2) is 29.6 Å². The van der Waals surface area contributed by atoms with E-state index in [1.807, 2.05) is 13.8 Å². The van der Waals surface area contributed by atoms with Gasteiger partial charge in [-0.15, -0.1) is 23.1 Å². The van der Waals surface area contributed by atoms with E-state index in [-0.39, 0.29) is 11.3 Å². The maximum atomic E-state index is 13.7. The highest BCUT2D eigenvalue weighted by atomic mass is 32.2. The molecule has 6 heteroatoms. The highest BCUT2D eigenvalue weighted by molar-refractivity contribution is 7.98. The molecule has 0 bridgehead atoms. The summed E-state index contributed by atoms with van der Waals surface area (Å²) in [5.41, 5.74) is 1.21. The zero-order chi connectivity index (χ0) is 15.0. The standard InChI is InChI=1S/C15H12F2N2S2/c1-8-9(2)21-15-13(8)14(18-7-19-15)20-6-10-11(16)4-3-5-12(10)17/h3-5,7H,6H2,1-2H3. The number of halogens is 2. The van der Waals surface area contributed by atoms with E-state index in [0.29, 0.717) is 0 Å². The first-order valence-electron chi connectivity index (χ1n) is 6.34. The molecular formula is C15H12F2N2S2. The zero-order valence-corrected chi connectivity index (χ0v) is 13.1.